The summed E-state index contributed by atoms with van der Waals surface area (Å²) in [5.74, 6) is 0.409. The van der Waals surface area contributed by atoms with Crippen LogP contribution in [-0.2, 0) is 12.6 Å². The van der Waals surface area contributed by atoms with E-state index in [1.54, 1.807) is 0 Å². The third kappa shape index (κ3) is 3.21. The van der Waals surface area contributed by atoms with Gasteiger partial charge in [-0.3, -0.25) is 4.40 Å². The van der Waals surface area contributed by atoms with E-state index in [0.717, 1.165) is 12.3 Å². The highest BCUT2D eigenvalue weighted by molar-refractivity contribution is 6.33. The summed E-state index contributed by atoms with van der Waals surface area (Å²) < 4.78 is 39.6. The number of nitrogens with zero attached hydrogens (tertiary/aromatic N) is 3. The molecule has 110 valence electrons. The van der Waals surface area contributed by atoms with Crippen LogP contribution in [-0.4, -0.2) is 20.1 Å². The number of pyridine rings is 1. The molecule has 0 saturated carbocycles. The third-order valence-corrected chi connectivity index (χ3v) is 3.13. The van der Waals surface area contributed by atoms with E-state index in [2.05, 4.69) is 10.2 Å². The van der Waals surface area contributed by atoms with Gasteiger partial charge in [-0.1, -0.05) is 11.6 Å². The largest absolute Gasteiger partial charge is 0.417 e. The number of hydrogen-bond donors (Lipinski definition) is 1. The van der Waals surface area contributed by atoms with Crippen molar-refractivity contribution in [3.05, 3.63) is 28.7 Å². The molecule has 0 radical (unpaired) electrons. The van der Waals surface area contributed by atoms with Crippen molar-refractivity contribution in [2.75, 3.05) is 0 Å². The van der Waals surface area contributed by atoms with E-state index in [0.29, 0.717) is 18.7 Å². The normalized spacial score (nSPS) is 13.2. The van der Waals surface area contributed by atoms with Gasteiger partial charge >= 0.3 is 6.18 Å². The fraction of sp³-hybridized carbons (Fsp3) is 0.500. The fourth-order valence-corrected chi connectivity index (χ4v) is 2.01. The van der Waals surface area contributed by atoms with Crippen LogP contribution in [0.25, 0.3) is 5.65 Å². The highest BCUT2D eigenvalue weighted by atomic mass is 35.5. The molecule has 2 N–H and O–H groups in total. The van der Waals surface area contributed by atoms with Gasteiger partial charge < -0.3 is 5.73 Å². The second kappa shape index (κ2) is 4.89. The van der Waals surface area contributed by atoms with Crippen LogP contribution in [0.2, 0.25) is 5.02 Å². The second-order valence-corrected chi connectivity index (χ2v) is 5.78. The molecule has 2 heterocycles. The van der Waals surface area contributed by atoms with Crippen molar-refractivity contribution in [2.45, 2.75) is 38.4 Å². The Morgan fingerprint density at radius 1 is 1.30 bits per heavy atom. The van der Waals surface area contributed by atoms with Crippen LogP contribution in [0.15, 0.2) is 12.3 Å². The molecule has 0 aliphatic rings. The number of nitrogens with two attached hydrogens (primary N) is 1. The van der Waals surface area contributed by atoms with Crippen LogP contribution in [0.4, 0.5) is 13.2 Å². The molecule has 0 bridgehead atoms. The van der Waals surface area contributed by atoms with Crippen molar-refractivity contribution in [1.29, 1.82) is 0 Å². The molecular weight excluding hydrogens is 293 g/mol. The van der Waals surface area contributed by atoms with Crippen molar-refractivity contribution in [3.8, 4) is 0 Å². The summed E-state index contributed by atoms with van der Waals surface area (Å²) in [5.41, 5.74) is 4.81. The Morgan fingerprint density at radius 3 is 2.50 bits per heavy atom. The maximum atomic E-state index is 12.8. The molecule has 2 rings (SSSR count). The number of alkyl halides is 3. The highest BCUT2D eigenvalue weighted by Crippen LogP contribution is 2.32. The summed E-state index contributed by atoms with van der Waals surface area (Å²) in [7, 11) is 0. The Labute approximate surface area is 118 Å². The van der Waals surface area contributed by atoms with Gasteiger partial charge in [-0.15, -0.1) is 10.2 Å². The first-order chi connectivity index (χ1) is 9.08. The molecule has 0 aliphatic carbocycles. The van der Waals surface area contributed by atoms with E-state index in [9.17, 15) is 13.2 Å². The van der Waals surface area contributed by atoms with E-state index >= 15 is 0 Å². The number of halogens is 4. The molecule has 0 unspecified atom stereocenters. The zero-order chi connectivity index (χ0) is 15.1. The summed E-state index contributed by atoms with van der Waals surface area (Å²) in [5, 5.41) is 7.62. The topological polar surface area (TPSA) is 56.2 Å². The molecule has 8 heteroatoms. The molecule has 0 aromatic carbocycles. The quantitative estimate of drug-likeness (QED) is 0.948. The summed E-state index contributed by atoms with van der Waals surface area (Å²) in [6, 6.07) is 0.849. The number of aromatic nitrogens is 3. The molecule has 0 atom stereocenters. The van der Waals surface area contributed by atoms with Gasteiger partial charge in [0.1, 0.15) is 5.82 Å². The average Bonchev–Trinajstić information content (AvgIpc) is 2.67. The third-order valence-electron chi connectivity index (χ3n) is 2.85. The predicted molar refractivity (Wildman–Crippen MR) is 69.6 cm³/mol. The summed E-state index contributed by atoms with van der Waals surface area (Å²) in [6.07, 6.45) is -2.52. The van der Waals surface area contributed by atoms with Crippen LogP contribution in [0.1, 0.15) is 31.7 Å². The maximum absolute atomic E-state index is 12.8. The van der Waals surface area contributed by atoms with Gasteiger partial charge in [0.25, 0.3) is 0 Å². The van der Waals surface area contributed by atoms with Crippen molar-refractivity contribution in [2.24, 2.45) is 5.73 Å². The van der Waals surface area contributed by atoms with Crippen LogP contribution in [0, 0.1) is 0 Å². The standard InChI is InChI=1S/C12H14ClF3N4/c1-11(2,17)4-3-9-18-19-10-8(13)5-7(6-20(9)10)12(14,15)16/h5-6H,3-4,17H2,1-2H3. The molecular formula is C12H14ClF3N4. The molecule has 2 aromatic rings. The zero-order valence-electron chi connectivity index (χ0n) is 11.0. The number of rotatable bonds is 3. The minimum atomic E-state index is -4.47. The Hall–Kier alpha value is -1.34. The van der Waals surface area contributed by atoms with Crippen LogP contribution >= 0.6 is 11.6 Å². The van der Waals surface area contributed by atoms with Crippen LogP contribution in [0.5, 0.6) is 0 Å². The molecule has 0 spiro atoms. The van der Waals surface area contributed by atoms with Crippen LogP contribution < -0.4 is 5.73 Å². The van der Waals surface area contributed by atoms with Gasteiger partial charge in [0, 0.05) is 18.2 Å². The van der Waals surface area contributed by atoms with Gasteiger partial charge in [0.05, 0.1) is 10.6 Å². The van der Waals surface area contributed by atoms with E-state index < -0.39 is 17.3 Å². The predicted octanol–water partition coefficient (Wildman–Crippen LogP) is 3.07. The first-order valence-electron chi connectivity index (χ1n) is 5.97. The average molecular weight is 307 g/mol. The molecule has 4 nitrogen and oxygen atoms in total. The van der Waals surface area contributed by atoms with Crippen LogP contribution in [0.3, 0.4) is 0 Å². The maximum Gasteiger partial charge on any atom is 0.417 e. The molecule has 0 amide bonds. The first kappa shape index (κ1) is 15.1. The Bertz CT molecular complexity index is 628. The molecule has 0 aliphatic heterocycles. The van der Waals surface area contributed by atoms with Crippen molar-refractivity contribution in [3.63, 3.8) is 0 Å². The van der Waals surface area contributed by atoms with Gasteiger partial charge in [-0.05, 0) is 26.3 Å². The SMILES string of the molecule is CC(C)(N)CCc1nnc2c(Cl)cc(C(F)(F)F)cn12. The Morgan fingerprint density at radius 2 is 1.95 bits per heavy atom. The molecule has 0 saturated heterocycles. The summed E-state index contributed by atoms with van der Waals surface area (Å²) in [6.45, 7) is 3.68. The first-order valence-corrected chi connectivity index (χ1v) is 6.35. The minimum absolute atomic E-state index is 0.0782. The van der Waals surface area contributed by atoms with Gasteiger partial charge in [-0.25, -0.2) is 0 Å². The van der Waals surface area contributed by atoms with E-state index in [1.165, 1.54) is 4.40 Å². The molecule has 20 heavy (non-hydrogen) atoms. The van der Waals surface area contributed by atoms with Crippen molar-refractivity contribution >= 4 is 17.2 Å². The van der Waals surface area contributed by atoms with Gasteiger partial charge in [0.2, 0.25) is 0 Å². The highest BCUT2D eigenvalue weighted by Gasteiger charge is 2.32. The fourth-order valence-electron chi connectivity index (χ4n) is 1.76. The lowest BCUT2D eigenvalue weighted by atomic mass is 10.00. The molecule has 0 fully saturated rings. The molecule has 2 aromatic heterocycles. The minimum Gasteiger partial charge on any atom is -0.326 e. The Balaban J connectivity index is 2.45. The Kier molecular flexibility index (Phi) is 3.68. The van der Waals surface area contributed by atoms with E-state index in [-0.39, 0.29) is 10.7 Å². The van der Waals surface area contributed by atoms with Crippen molar-refractivity contribution in [1.82, 2.24) is 14.6 Å². The zero-order valence-corrected chi connectivity index (χ0v) is 11.8. The lowest BCUT2D eigenvalue weighted by Crippen LogP contribution is -2.32. The van der Waals surface area contributed by atoms with E-state index in [4.69, 9.17) is 17.3 Å². The van der Waals surface area contributed by atoms with Gasteiger partial charge in [-0.2, -0.15) is 13.2 Å². The number of hydrogen-bond acceptors (Lipinski definition) is 3. The lowest BCUT2D eigenvalue weighted by molar-refractivity contribution is -0.137. The number of fused-ring (bicyclic) bond motifs is 1. The monoisotopic (exact) mass is 306 g/mol. The van der Waals surface area contributed by atoms with Gasteiger partial charge in [0.15, 0.2) is 5.65 Å². The van der Waals surface area contributed by atoms with Crippen molar-refractivity contribution < 1.29 is 13.2 Å². The lowest BCUT2D eigenvalue weighted by Gasteiger charge is -2.17. The number of aryl methyl sites for hydroxylation is 1. The summed E-state index contributed by atoms with van der Waals surface area (Å²) >= 11 is 5.82. The smallest absolute Gasteiger partial charge is 0.326 e. The van der Waals surface area contributed by atoms with E-state index in [1.807, 2.05) is 13.8 Å². The summed E-state index contributed by atoms with van der Waals surface area (Å²) in [4.78, 5) is 0. The second-order valence-electron chi connectivity index (χ2n) is 5.37.